The van der Waals surface area contributed by atoms with Crippen molar-refractivity contribution in [2.45, 2.75) is 83.1 Å². The quantitative estimate of drug-likeness (QED) is 0.700. The highest BCUT2D eigenvalue weighted by Crippen LogP contribution is 2.37. The fourth-order valence-corrected chi connectivity index (χ4v) is 4.09. The van der Waals surface area contributed by atoms with E-state index in [4.69, 9.17) is 0 Å². The molecule has 2 aliphatic rings. The van der Waals surface area contributed by atoms with Gasteiger partial charge in [-0.2, -0.15) is 5.26 Å². The smallest absolute Gasteiger partial charge is 0.109 e. The predicted octanol–water partition coefficient (Wildman–Crippen LogP) is 4.51. The van der Waals surface area contributed by atoms with E-state index in [0.29, 0.717) is 0 Å². The maximum absolute atomic E-state index is 9.84. The molecule has 1 saturated heterocycles. The molecule has 0 N–H and O–H groups in total. The molecule has 0 aromatic carbocycles. The van der Waals surface area contributed by atoms with Crippen LogP contribution in [-0.2, 0) is 0 Å². The summed E-state index contributed by atoms with van der Waals surface area (Å²) in [6.45, 7) is 4.61. The van der Waals surface area contributed by atoms with Crippen molar-refractivity contribution in [3.8, 4) is 6.07 Å². The van der Waals surface area contributed by atoms with Crippen LogP contribution in [-0.4, -0.2) is 23.5 Å². The topological polar surface area (TPSA) is 27.0 Å². The van der Waals surface area contributed by atoms with Gasteiger partial charge in [-0.3, -0.25) is 4.90 Å². The Morgan fingerprint density at radius 2 is 1.79 bits per heavy atom. The molecule has 0 spiro atoms. The van der Waals surface area contributed by atoms with Crippen molar-refractivity contribution in [3.05, 3.63) is 0 Å². The zero-order chi connectivity index (χ0) is 13.6. The highest BCUT2D eigenvalue weighted by molar-refractivity contribution is 5.09. The highest BCUT2D eigenvalue weighted by atomic mass is 15.2. The van der Waals surface area contributed by atoms with Crippen LogP contribution in [0.2, 0.25) is 0 Å². The van der Waals surface area contributed by atoms with Gasteiger partial charge in [-0.25, -0.2) is 0 Å². The van der Waals surface area contributed by atoms with E-state index < -0.39 is 0 Å². The van der Waals surface area contributed by atoms with E-state index >= 15 is 0 Å². The van der Waals surface area contributed by atoms with Crippen molar-refractivity contribution < 1.29 is 0 Å². The highest BCUT2D eigenvalue weighted by Gasteiger charge is 2.38. The number of hydrogen-bond acceptors (Lipinski definition) is 2. The maximum atomic E-state index is 9.84. The fourth-order valence-electron chi connectivity index (χ4n) is 4.09. The fraction of sp³-hybridized carbons (Fsp3) is 0.941. The molecule has 1 heterocycles. The first-order valence-corrected chi connectivity index (χ1v) is 8.47. The van der Waals surface area contributed by atoms with Gasteiger partial charge >= 0.3 is 0 Å². The molecule has 0 radical (unpaired) electrons. The zero-order valence-electron chi connectivity index (χ0n) is 12.7. The second-order valence-electron chi connectivity index (χ2n) is 6.63. The van der Waals surface area contributed by atoms with E-state index in [1.165, 1.54) is 57.8 Å². The van der Waals surface area contributed by atoms with Gasteiger partial charge in [-0.05, 0) is 51.1 Å². The Kier molecular flexibility index (Phi) is 5.70. The lowest BCUT2D eigenvalue weighted by Gasteiger charge is -2.37. The molecular weight excluding hydrogens is 232 g/mol. The molecule has 108 valence electrons. The van der Waals surface area contributed by atoms with Crippen LogP contribution in [0.4, 0.5) is 0 Å². The van der Waals surface area contributed by atoms with Crippen LogP contribution in [0.3, 0.4) is 0 Å². The summed E-state index contributed by atoms with van der Waals surface area (Å²) in [5.74, 6) is 0.882. The minimum Gasteiger partial charge on any atom is -0.286 e. The van der Waals surface area contributed by atoms with E-state index in [2.05, 4.69) is 17.9 Å². The molecule has 1 aliphatic carbocycles. The minimum atomic E-state index is -0.118. The van der Waals surface area contributed by atoms with Gasteiger partial charge in [-0.1, -0.05) is 45.4 Å². The number of likely N-dealkylation sites (tertiary alicyclic amines) is 1. The van der Waals surface area contributed by atoms with E-state index in [0.717, 1.165) is 31.8 Å². The van der Waals surface area contributed by atoms with Crippen molar-refractivity contribution >= 4 is 0 Å². The number of hydrogen-bond donors (Lipinski definition) is 0. The Hall–Kier alpha value is -0.550. The summed E-state index contributed by atoms with van der Waals surface area (Å²) in [4.78, 5) is 2.55. The molecule has 2 heteroatoms. The van der Waals surface area contributed by atoms with Gasteiger partial charge in [0, 0.05) is 0 Å². The van der Waals surface area contributed by atoms with Gasteiger partial charge in [0.2, 0.25) is 0 Å². The molecule has 0 aromatic rings. The molecule has 2 nitrogen and oxygen atoms in total. The van der Waals surface area contributed by atoms with E-state index in [1.54, 1.807) is 0 Å². The molecule has 1 aliphatic heterocycles. The standard InChI is InChI=1S/C17H30N2/c1-2-8-16-9-7-11-17(15-18,12-10-16)19-13-5-3-4-6-14-19/h16H,2-14H2,1H3. The Morgan fingerprint density at radius 1 is 1.05 bits per heavy atom. The average Bonchev–Trinajstić information content (AvgIpc) is 2.81. The van der Waals surface area contributed by atoms with Crippen molar-refractivity contribution in [1.29, 1.82) is 5.26 Å². The molecule has 2 rings (SSSR count). The largest absolute Gasteiger partial charge is 0.286 e. The van der Waals surface area contributed by atoms with E-state index in [-0.39, 0.29) is 5.54 Å². The zero-order valence-corrected chi connectivity index (χ0v) is 12.7. The SMILES string of the molecule is CCCC1CCCC(C#N)(N2CCCCCC2)CC1. The lowest BCUT2D eigenvalue weighted by Crippen LogP contribution is -2.48. The third-order valence-corrected chi connectivity index (χ3v) is 5.29. The normalized spacial score (nSPS) is 34.2. The minimum absolute atomic E-state index is 0.118. The third-order valence-electron chi connectivity index (χ3n) is 5.29. The lowest BCUT2D eigenvalue weighted by atomic mass is 9.88. The summed E-state index contributed by atoms with van der Waals surface area (Å²) < 4.78 is 0. The van der Waals surface area contributed by atoms with Crippen LogP contribution in [0.15, 0.2) is 0 Å². The van der Waals surface area contributed by atoms with Crippen LogP contribution in [0.5, 0.6) is 0 Å². The monoisotopic (exact) mass is 262 g/mol. The molecule has 2 unspecified atom stereocenters. The molecule has 0 aromatic heterocycles. The second kappa shape index (κ2) is 7.29. The van der Waals surface area contributed by atoms with Crippen LogP contribution in [0, 0.1) is 17.2 Å². The summed E-state index contributed by atoms with van der Waals surface area (Å²) >= 11 is 0. The van der Waals surface area contributed by atoms with E-state index in [1.807, 2.05) is 0 Å². The summed E-state index contributed by atoms with van der Waals surface area (Å²) in [7, 11) is 0. The number of rotatable bonds is 3. The first kappa shape index (κ1) is 14.9. The van der Waals surface area contributed by atoms with Crippen LogP contribution in [0.1, 0.15) is 77.6 Å². The maximum Gasteiger partial charge on any atom is 0.109 e. The predicted molar refractivity (Wildman–Crippen MR) is 79.9 cm³/mol. The first-order valence-electron chi connectivity index (χ1n) is 8.47. The summed E-state index contributed by atoms with van der Waals surface area (Å²) in [6.07, 6.45) is 14.1. The summed E-state index contributed by atoms with van der Waals surface area (Å²) in [5.41, 5.74) is -0.118. The summed E-state index contributed by atoms with van der Waals surface area (Å²) in [5, 5.41) is 9.84. The molecule has 0 amide bonds. The lowest BCUT2D eigenvalue weighted by molar-refractivity contribution is 0.123. The number of nitrogens with zero attached hydrogens (tertiary/aromatic N) is 2. The Balaban J connectivity index is 2.02. The molecule has 2 atom stereocenters. The van der Waals surface area contributed by atoms with Gasteiger partial charge in [-0.15, -0.1) is 0 Å². The molecule has 0 bridgehead atoms. The van der Waals surface area contributed by atoms with Crippen molar-refractivity contribution in [2.75, 3.05) is 13.1 Å². The van der Waals surface area contributed by atoms with Gasteiger partial charge < -0.3 is 0 Å². The van der Waals surface area contributed by atoms with E-state index in [9.17, 15) is 5.26 Å². The third kappa shape index (κ3) is 3.72. The number of nitriles is 1. The van der Waals surface area contributed by atoms with Crippen molar-refractivity contribution in [3.63, 3.8) is 0 Å². The molecule has 1 saturated carbocycles. The van der Waals surface area contributed by atoms with Gasteiger partial charge in [0.1, 0.15) is 5.54 Å². The van der Waals surface area contributed by atoms with Gasteiger partial charge in [0.15, 0.2) is 0 Å². The Morgan fingerprint density at radius 3 is 2.42 bits per heavy atom. The van der Waals surface area contributed by atoms with Crippen LogP contribution >= 0.6 is 0 Å². The Bertz CT molecular complexity index is 299. The second-order valence-corrected chi connectivity index (χ2v) is 6.63. The summed E-state index contributed by atoms with van der Waals surface area (Å²) in [6, 6.07) is 2.74. The first-order chi connectivity index (χ1) is 9.30. The Labute approximate surface area is 119 Å². The van der Waals surface area contributed by atoms with Crippen LogP contribution in [0.25, 0.3) is 0 Å². The van der Waals surface area contributed by atoms with Crippen molar-refractivity contribution in [2.24, 2.45) is 5.92 Å². The molecule has 2 fully saturated rings. The van der Waals surface area contributed by atoms with Crippen LogP contribution < -0.4 is 0 Å². The average molecular weight is 262 g/mol. The van der Waals surface area contributed by atoms with Gasteiger partial charge in [0.25, 0.3) is 0 Å². The molecule has 19 heavy (non-hydrogen) atoms. The molecular formula is C17H30N2. The van der Waals surface area contributed by atoms with Crippen molar-refractivity contribution in [1.82, 2.24) is 4.90 Å². The van der Waals surface area contributed by atoms with Gasteiger partial charge in [0.05, 0.1) is 6.07 Å².